The fourth-order valence-corrected chi connectivity index (χ4v) is 2.33. The molecule has 1 aliphatic heterocycles. The molecule has 0 saturated carbocycles. The fourth-order valence-electron chi connectivity index (χ4n) is 2.33. The van der Waals surface area contributed by atoms with Crippen LogP contribution in [0.1, 0.15) is 26.2 Å². The molecule has 0 aromatic heterocycles. The maximum absolute atomic E-state index is 11.7. The minimum atomic E-state index is -0.0410. The minimum absolute atomic E-state index is 0.0410. The van der Waals surface area contributed by atoms with E-state index in [9.17, 15) is 4.79 Å². The number of nitrogens with one attached hydrogen (secondary N) is 1. The maximum atomic E-state index is 11.7. The number of morpholine rings is 1. The molecule has 0 spiro atoms. The van der Waals surface area contributed by atoms with Gasteiger partial charge in [0.2, 0.25) is 0 Å². The first-order valence-electron chi connectivity index (χ1n) is 7.02. The Bertz CT molecular complexity index is 360. The van der Waals surface area contributed by atoms with Crippen LogP contribution in [0.5, 0.6) is 0 Å². The van der Waals surface area contributed by atoms with Crippen molar-refractivity contribution in [3.05, 3.63) is 11.6 Å². The summed E-state index contributed by atoms with van der Waals surface area (Å²) in [5.74, 6) is 0.424. The Morgan fingerprint density at radius 2 is 2.37 bits per heavy atom. The Kier molecular flexibility index (Phi) is 5.54. The van der Waals surface area contributed by atoms with Crippen molar-refractivity contribution in [1.82, 2.24) is 10.3 Å². The molecule has 0 radical (unpaired) electrons. The topological polar surface area (TPSA) is 53.9 Å². The van der Waals surface area contributed by atoms with Crippen LogP contribution in [-0.2, 0) is 9.53 Å². The molecule has 5 nitrogen and oxygen atoms in total. The fraction of sp³-hybridized carbons (Fsp3) is 0.714. The number of carbonyl (C=O) groups is 1. The quantitative estimate of drug-likeness (QED) is 0.471. The Balaban J connectivity index is 1.65. The third-order valence-corrected chi connectivity index (χ3v) is 3.62. The number of hydrazone groups is 1. The Morgan fingerprint density at radius 1 is 1.58 bits per heavy atom. The largest absolute Gasteiger partial charge is 0.379 e. The van der Waals surface area contributed by atoms with E-state index in [0.29, 0.717) is 25.7 Å². The van der Waals surface area contributed by atoms with Gasteiger partial charge in [0, 0.05) is 19.3 Å². The molecular formula is C14H23N3O2. The second kappa shape index (κ2) is 7.40. The molecule has 0 aromatic carbocycles. The van der Waals surface area contributed by atoms with Gasteiger partial charge in [-0.1, -0.05) is 11.6 Å². The van der Waals surface area contributed by atoms with E-state index in [1.54, 1.807) is 0 Å². The molecule has 1 amide bonds. The van der Waals surface area contributed by atoms with Crippen molar-refractivity contribution in [1.29, 1.82) is 0 Å². The molecule has 1 fully saturated rings. The van der Waals surface area contributed by atoms with Crippen molar-refractivity contribution in [3.8, 4) is 0 Å². The van der Waals surface area contributed by atoms with E-state index >= 15 is 0 Å². The summed E-state index contributed by atoms with van der Waals surface area (Å²) in [6.45, 7) is 5.64. The SMILES string of the molecule is CC1=CCC(/C=N/NC(=O)CN2CCOCC2)CC1. The lowest BCUT2D eigenvalue weighted by Gasteiger charge is -2.25. The zero-order chi connectivity index (χ0) is 13.5. The third-order valence-electron chi connectivity index (χ3n) is 3.62. The molecule has 2 rings (SSSR count). The molecule has 1 atom stereocenters. The molecule has 5 heteroatoms. The Morgan fingerprint density at radius 3 is 3.05 bits per heavy atom. The predicted molar refractivity (Wildman–Crippen MR) is 75.0 cm³/mol. The molecule has 1 aliphatic carbocycles. The Labute approximate surface area is 114 Å². The number of rotatable bonds is 4. The van der Waals surface area contributed by atoms with Crippen LogP contribution >= 0.6 is 0 Å². The summed E-state index contributed by atoms with van der Waals surface area (Å²) in [6, 6.07) is 0. The summed E-state index contributed by atoms with van der Waals surface area (Å²) >= 11 is 0. The highest BCUT2D eigenvalue weighted by Crippen LogP contribution is 2.21. The summed E-state index contributed by atoms with van der Waals surface area (Å²) in [7, 11) is 0. The minimum Gasteiger partial charge on any atom is -0.379 e. The third kappa shape index (κ3) is 5.12. The van der Waals surface area contributed by atoms with Gasteiger partial charge in [0.15, 0.2) is 0 Å². The Hall–Kier alpha value is -1.20. The van der Waals surface area contributed by atoms with E-state index in [4.69, 9.17) is 4.74 Å². The number of nitrogens with zero attached hydrogens (tertiary/aromatic N) is 2. The van der Waals surface area contributed by atoms with Crippen LogP contribution in [0.4, 0.5) is 0 Å². The lowest BCUT2D eigenvalue weighted by molar-refractivity contribution is -0.123. The van der Waals surface area contributed by atoms with Crippen LogP contribution in [0.25, 0.3) is 0 Å². The first kappa shape index (κ1) is 14.2. The van der Waals surface area contributed by atoms with Crippen LogP contribution < -0.4 is 5.43 Å². The van der Waals surface area contributed by atoms with Gasteiger partial charge in [-0.05, 0) is 32.1 Å². The van der Waals surface area contributed by atoms with Gasteiger partial charge in [-0.3, -0.25) is 9.69 Å². The highest BCUT2D eigenvalue weighted by Gasteiger charge is 2.14. The van der Waals surface area contributed by atoms with E-state index in [2.05, 4.69) is 28.4 Å². The van der Waals surface area contributed by atoms with E-state index in [-0.39, 0.29) is 5.91 Å². The average Bonchev–Trinajstić information content (AvgIpc) is 2.42. The number of amides is 1. The van der Waals surface area contributed by atoms with Gasteiger partial charge >= 0.3 is 0 Å². The van der Waals surface area contributed by atoms with E-state index in [1.807, 2.05) is 6.21 Å². The van der Waals surface area contributed by atoms with E-state index in [0.717, 1.165) is 32.4 Å². The second-order valence-corrected chi connectivity index (χ2v) is 5.29. The van der Waals surface area contributed by atoms with Crippen molar-refractivity contribution in [2.75, 3.05) is 32.8 Å². The van der Waals surface area contributed by atoms with Gasteiger partial charge in [0.05, 0.1) is 19.8 Å². The molecular weight excluding hydrogens is 242 g/mol. The normalized spacial score (nSPS) is 25.3. The number of hydrogen-bond donors (Lipinski definition) is 1. The van der Waals surface area contributed by atoms with Gasteiger partial charge in [0.25, 0.3) is 5.91 Å². The lowest BCUT2D eigenvalue weighted by atomic mass is 9.91. The van der Waals surface area contributed by atoms with Crippen molar-refractivity contribution in [2.24, 2.45) is 11.0 Å². The van der Waals surface area contributed by atoms with Crippen LogP contribution in [0.3, 0.4) is 0 Å². The van der Waals surface area contributed by atoms with Gasteiger partial charge in [-0.2, -0.15) is 5.10 Å². The monoisotopic (exact) mass is 265 g/mol. The van der Waals surface area contributed by atoms with Gasteiger partial charge in [0.1, 0.15) is 0 Å². The number of ether oxygens (including phenoxy) is 1. The highest BCUT2D eigenvalue weighted by molar-refractivity contribution is 5.78. The smallest absolute Gasteiger partial charge is 0.254 e. The van der Waals surface area contributed by atoms with Crippen LogP contribution in [0.2, 0.25) is 0 Å². The molecule has 0 aromatic rings. The molecule has 1 N–H and O–H groups in total. The van der Waals surface area contributed by atoms with Crippen molar-refractivity contribution in [3.63, 3.8) is 0 Å². The zero-order valence-electron chi connectivity index (χ0n) is 11.6. The number of hydrogen-bond acceptors (Lipinski definition) is 4. The van der Waals surface area contributed by atoms with Gasteiger partial charge in [-0.15, -0.1) is 0 Å². The summed E-state index contributed by atoms with van der Waals surface area (Å²) in [4.78, 5) is 13.8. The van der Waals surface area contributed by atoms with Crippen LogP contribution in [0.15, 0.2) is 16.8 Å². The molecule has 1 heterocycles. The van der Waals surface area contributed by atoms with E-state index < -0.39 is 0 Å². The maximum Gasteiger partial charge on any atom is 0.254 e. The summed E-state index contributed by atoms with van der Waals surface area (Å²) < 4.78 is 5.24. The molecule has 19 heavy (non-hydrogen) atoms. The molecule has 1 saturated heterocycles. The standard InChI is InChI=1S/C14H23N3O2/c1-12-2-4-13(5-3-12)10-15-16-14(18)11-17-6-8-19-9-7-17/h2,10,13H,3-9,11H2,1H3,(H,16,18)/b15-10+. The summed E-state index contributed by atoms with van der Waals surface area (Å²) in [5.41, 5.74) is 4.08. The molecule has 1 unspecified atom stereocenters. The van der Waals surface area contributed by atoms with Crippen molar-refractivity contribution in [2.45, 2.75) is 26.2 Å². The van der Waals surface area contributed by atoms with Crippen LogP contribution in [-0.4, -0.2) is 49.9 Å². The first-order valence-corrected chi connectivity index (χ1v) is 7.02. The molecule has 2 aliphatic rings. The number of allylic oxidation sites excluding steroid dienone is 2. The highest BCUT2D eigenvalue weighted by atomic mass is 16.5. The van der Waals surface area contributed by atoms with Crippen LogP contribution in [0, 0.1) is 5.92 Å². The summed E-state index contributed by atoms with van der Waals surface area (Å²) in [6.07, 6.45) is 7.44. The van der Waals surface area contributed by atoms with Crippen molar-refractivity contribution < 1.29 is 9.53 Å². The lowest BCUT2D eigenvalue weighted by Crippen LogP contribution is -2.42. The summed E-state index contributed by atoms with van der Waals surface area (Å²) in [5, 5.41) is 4.07. The van der Waals surface area contributed by atoms with Crippen molar-refractivity contribution >= 4 is 12.1 Å². The second-order valence-electron chi connectivity index (χ2n) is 5.29. The predicted octanol–water partition coefficient (Wildman–Crippen LogP) is 1.17. The zero-order valence-corrected chi connectivity index (χ0v) is 11.6. The van der Waals surface area contributed by atoms with Gasteiger partial charge < -0.3 is 4.74 Å². The molecule has 106 valence electrons. The first-order chi connectivity index (χ1) is 9.24. The number of carbonyl (C=O) groups excluding carboxylic acids is 1. The molecule has 0 bridgehead atoms. The average molecular weight is 265 g/mol. The van der Waals surface area contributed by atoms with E-state index in [1.165, 1.54) is 5.57 Å². The van der Waals surface area contributed by atoms with Gasteiger partial charge in [-0.25, -0.2) is 5.43 Å².